The van der Waals surface area contributed by atoms with E-state index in [4.69, 9.17) is 9.73 Å². The molecule has 0 N–H and O–H groups in total. The van der Waals surface area contributed by atoms with Gasteiger partial charge in [0.15, 0.2) is 11.7 Å². The van der Waals surface area contributed by atoms with Crippen molar-refractivity contribution in [3.63, 3.8) is 0 Å². The first-order valence-corrected chi connectivity index (χ1v) is 9.41. The molecule has 7 nitrogen and oxygen atoms in total. The number of tetrazole rings is 1. The Morgan fingerprint density at radius 3 is 2.81 bits per heavy atom. The summed E-state index contributed by atoms with van der Waals surface area (Å²) in [7, 11) is 1.67. The lowest BCUT2D eigenvalue weighted by Crippen LogP contribution is -2.45. The number of hydrogen-bond acceptors (Lipinski definition) is 6. The minimum atomic E-state index is 0.231. The van der Waals surface area contributed by atoms with Gasteiger partial charge < -0.3 is 4.74 Å². The number of hydrogen-bond donors (Lipinski definition) is 0. The van der Waals surface area contributed by atoms with Crippen molar-refractivity contribution in [3.8, 4) is 5.75 Å². The number of methoxy groups -OCH3 is 1. The summed E-state index contributed by atoms with van der Waals surface area (Å²) >= 11 is 0. The highest BCUT2D eigenvalue weighted by molar-refractivity contribution is 5.91. The molecule has 0 radical (unpaired) electrons. The number of benzene rings is 1. The van der Waals surface area contributed by atoms with Crippen LogP contribution in [0, 0.1) is 5.92 Å². The third kappa shape index (κ3) is 3.23. The van der Waals surface area contributed by atoms with Gasteiger partial charge in [-0.1, -0.05) is 13.8 Å². The first-order valence-electron chi connectivity index (χ1n) is 9.41. The summed E-state index contributed by atoms with van der Waals surface area (Å²) in [5.41, 5.74) is 0.897. The van der Waals surface area contributed by atoms with Gasteiger partial charge in [-0.2, -0.15) is 4.68 Å². The van der Waals surface area contributed by atoms with Crippen LogP contribution in [0.3, 0.4) is 0 Å². The van der Waals surface area contributed by atoms with Crippen LogP contribution in [0.25, 0.3) is 0 Å². The molecule has 2 atom stereocenters. The van der Waals surface area contributed by atoms with E-state index in [0.29, 0.717) is 12.0 Å². The molecule has 1 fully saturated rings. The van der Waals surface area contributed by atoms with Crippen molar-refractivity contribution in [1.29, 1.82) is 0 Å². The molecule has 0 aliphatic carbocycles. The van der Waals surface area contributed by atoms with E-state index in [9.17, 15) is 0 Å². The molecule has 1 aromatic carbocycles. The monoisotopic (exact) mass is 354 g/mol. The van der Waals surface area contributed by atoms with Crippen LogP contribution in [0.5, 0.6) is 5.75 Å². The van der Waals surface area contributed by atoms with Crippen LogP contribution in [0.15, 0.2) is 29.3 Å². The molecule has 0 bridgehead atoms. The average Bonchev–Trinajstić information content (AvgIpc) is 3.26. The molecule has 1 aromatic heterocycles. The Balaban J connectivity index is 1.79. The quantitative estimate of drug-likeness (QED) is 0.844. The van der Waals surface area contributed by atoms with Gasteiger partial charge in [0, 0.05) is 12.5 Å². The van der Waals surface area contributed by atoms with Crippen molar-refractivity contribution in [2.75, 3.05) is 13.7 Å². The molecule has 7 heteroatoms. The van der Waals surface area contributed by atoms with Gasteiger partial charge in [0.1, 0.15) is 5.75 Å². The lowest BCUT2D eigenvalue weighted by atomic mass is 10.0. The van der Waals surface area contributed by atoms with Gasteiger partial charge in [-0.3, -0.25) is 4.90 Å². The smallest absolute Gasteiger partial charge is 0.159 e. The maximum atomic E-state index is 5.26. The van der Waals surface area contributed by atoms with Crippen molar-refractivity contribution < 1.29 is 4.74 Å². The van der Waals surface area contributed by atoms with Crippen molar-refractivity contribution in [2.24, 2.45) is 10.9 Å². The number of nitrogens with zero attached hydrogens (tertiary/aromatic N) is 6. The molecule has 2 unspecified atom stereocenters. The fourth-order valence-corrected chi connectivity index (χ4v) is 4.10. The largest absolute Gasteiger partial charge is 0.497 e. The predicted octanol–water partition coefficient (Wildman–Crippen LogP) is 2.70. The lowest BCUT2D eigenvalue weighted by Gasteiger charge is -2.32. The third-order valence-electron chi connectivity index (χ3n) is 5.30. The summed E-state index contributed by atoms with van der Waals surface area (Å²) in [4.78, 5) is 7.61. The first-order chi connectivity index (χ1) is 12.7. The van der Waals surface area contributed by atoms with Crippen LogP contribution in [-0.2, 0) is 6.42 Å². The molecule has 2 aromatic rings. The molecule has 0 spiro atoms. The van der Waals surface area contributed by atoms with E-state index >= 15 is 0 Å². The normalized spacial score (nSPS) is 24.5. The standard InChI is InChI=1S/C19H26N6O/c1-13(2)11-17-19(20-14-6-8-16(26-3)9-7-14)25-18(21-22-23-25)12-15-5-4-10-24(15)17/h6-9,13,15,17H,4-5,10-12H2,1-3H3. The summed E-state index contributed by atoms with van der Waals surface area (Å²) in [5, 5.41) is 12.5. The van der Waals surface area contributed by atoms with Gasteiger partial charge in [0.05, 0.1) is 18.8 Å². The number of rotatable bonds is 4. The van der Waals surface area contributed by atoms with E-state index in [2.05, 4.69) is 34.3 Å². The molecule has 0 saturated carbocycles. The zero-order valence-electron chi connectivity index (χ0n) is 15.7. The van der Waals surface area contributed by atoms with Crippen molar-refractivity contribution in [1.82, 2.24) is 25.1 Å². The molecular weight excluding hydrogens is 328 g/mol. The Morgan fingerprint density at radius 1 is 1.27 bits per heavy atom. The van der Waals surface area contributed by atoms with Crippen LogP contribution in [-0.4, -0.2) is 56.7 Å². The van der Waals surface area contributed by atoms with E-state index in [1.165, 1.54) is 12.8 Å². The Morgan fingerprint density at radius 2 is 2.08 bits per heavy atom. The highest BCUT2D eigenvalue weighted by Crippen LogP contribution is 2.30. The highest BCUT2D eigenvalue weighted by atomic mass is 16.5. The van der Waals surface area contributed by atoms with Gasteiger partial charge >= 0.3 is 0 Å². The molecule has 3 heterocycles. The highest BCUT2D eigenvalue weighted by Gasteiger charge is 2.39. The molecular formula is C19H26N6O. The van der Waals surface area contributed by atoms with E-state index in [1.54, 1.807) is 7.11 Å². The third-order valence-corrected chi connectivity index (χ3v) is 5.30. The van der Waals surface area contributed by atoms with Crippen LogP contribution < -0.4 is 4.74 Å². The van der Waals surface area contributed by atoms with Crippen molar-refractivity contribution >= 4 is 11.5 Å². The van der Waals surface area contributed by atoms with Crippen molar-refractivity contribution in [3.05, 3.63) is 30.1 Å². The zero-order chi connectivity index (χ0) is 18.1. The Kier molecular flexibility index (Phi) is 4.72. The maximum absolute atomic E-state index is 5.26. The predicted molar refractivity (Wildman–Crippen MR) is 100.0 cm³/mol. The Hall–Kier alpha value is -2.28. The molecule has 138 valence electrons. The lowest BCUT2D eigenvalue weighted by molar-refractivity contribution is 0.203. The fraction of sp³-hybridized carbons (Fsp3) is 0.579. The summed E-state index contributed by atoms with van der Waals surface area (Å²) in [6.45, 7) is 5.64. The first kappa shape index (κ1) is 17.1. The zero-order valence-corrected chi connectivity index (χ0v) is 15.7. The second-order valence-corrected chi connectivity index (χ2v) is 7.56. The van der Waals surface area contributed by atoms with Crippen molar-refractivity contribution in [2.45, 2.75) is 51.6 Å². The number of aliphatic imine (C=N–C) groups is 1. The van der Waals surface area contributed by atoms with Gasteiger partial charge in [0.2, 0.25) is 0 Å². The van der Waals surface area contributed by atoms with E-state index < -0.39 is 0 Å². The Labute approximate surface area is 154 Å². The number of ether oxygens (including phenoxy) is 1. The van der Waals surface area contributed by atoms with Crippen LogP contribution in [0.1, 0.15) is 38.9 Å². The molecule has 26 heavy (non-hydrogen) atoms. The van der Waals surface area contributed by atoms with Gasteiger partial charge in [-0.05, 0) is 66.4 Å². The van der Waals surface area contributed by atoms with Crippen LogP contribution in [0.4, 0.5) is 5.69 Å². The number of fused-ring (bicyclic) bond motifs is 2. The van der Waals surface area contributed by atoms with Gasteiger partial charge in [-0.15, -0.1) is 5.10 Å². The average molecular weight is 354 g/mol. The fourth-order valence-electron chi connectivity index (χ4n) is 4.10. The minimum Gasteiger partial charge on any atom is -0.497 e. The van der Waals surface area contributed by atoms with Gasteiger partial charge in [-0.25, -0.2) is 4.99 Å². The summed E-state index contributed by atoms with van der Waals surface area (Å²) in [6, 6.07) is 8.57. The second-order valence-electron chi connectivity index (χ2n) is 7.56. The van der Waals surface area contributed by atoms with E-state index in [0.717, 1.165) is 42.5 Å². The molecule has 2 aliphatic rings. The maximum Gasteiger partial charge on any atom is 0.159 e. The molecule has 1 saturated heterocycles. The molecule has 0 amide bonds. The number of aromatic nitrogens is 4. The van der Waals surface area contributed by atoms with E-state index in [-0.39, 0.29) is 6.04 Å². The minimum absolute atomic E-state index is 0.231. The van der Waals surface area contributed by atoms with E-state index in [1.807, 2.05) is 28.9 Å². The SMILES string of the molecule is COc1ccc(N=C2C(CC(C)C)N3CCCC3Cc3nnnn32)cc1. The van der Waals surface area contributed by atoms with Gasteiger partial charge in [0.25, 0.3) is 0 Å². The molecule has 2 aliphatic heterocycles. The topological polar surface area (TPSA) is 68.4 Å². The van der Waals surface area contributed by atoms with Crippen LogP contribution >= 0.6 is 0 Å². The summed E-state index contributed by atoms with van der Waals surface area (Å²) in [6.07, 6.45) is 4.38. The Bertz CT molecular complexity index is 782. The molecule has 4 rings (SSSR count). The van der Waals surface area contributed by atoms with Crippen LogP contribution in [0.2, 0.25) is 0 Å². The summed E-state index contributed by atoms with van der Waals surface area (Å²) in [5.74, 6) is 3.25. The second kappa shape index (κ2) is 7.15. The summed E-state index contributed by atoms with van der Waals surface area (Å²) < 4.78 is 7.13.